The quantitative estimate of drug-likeness (QED) is 0.733. The lowest BCUT2D eigenvalue weighted by atomic mass is 9.90. The number of aromatic nitrogens is 1. The molecular formula is C14H13N3. The number of fused-ring (bicyclic) bond motifs is 1. The van der Waals surface area contributed by atoms with Crippen molar-refractivity contribution in [2.45, 2.75) is 0 Å². The van der Waals surface area contributed by atoms with E-state index < -0.39 is 0 Å². The first kappa shape index (κ1) is 9.78. The minimum absolute atomic E-state index is 0.695. The first-order valence-corrected chi connectivity index (χ1v) is 5.40. The number of nitrogens with one attached hydrogen (secondary N) is 2. The number of allylic oxidation sites excluding steroid dienone is 2. The highest BCUT2D eigenvalue weighted by Gasteiger charge is 2.24. The van der Waals surface area contributed by atoms with Gasteiger partial charge in [-0.05, 0) is 6.07 Å². The van der Waals surface area contributed by atoms with Gasteiger partial charge in [-0.2, -0.15) is 0 Å². The zero-order chi connectivity index (χ0) is 12.0. The van der Waals surface area contributed by atoms with Gasteiger partial charge in [-0.3, -0.25) is 0 Å². The van der Waals surface area contributed by atoms with E-state index in [1.54, 1.807) is 0 Å². The van der Waals surface area contributed by atoms with Crippen molar-refractivity contribution in [3.63, 3.8) is 0 Å². The van der Waals surface area contributed by atoms with Gasteiger partial charge in [-0.15, -0.1) is 0 Å². The van der Waals surface area contributed by atoms with Crippen LogP contribution in [-0.2, 0) is 0 Å². The molecule has 0 saturated heterocycles. The molecule has 0 radical (unpaired) electrons. The van der Waals surface area contributed by atoms with Crippen LogP contribution in [0, 0.1) is 0 Å². The fraction of sp³-hybridized carbons (Fsp3) is 0. The van der Waals surface area contributed by atoms with Gasteiger partial charge in [-0.25, -0.2) is 0 Å². The number of hydrogen-bond acceptors (Lipinski definition) is 2. The lowest BCUT2D eigenvalue weighted by Crippen LogP contribution is -2.23. The second kappa shape index (κ2) is 3.28. The van der Waals surface area contributed by atoms with Gasteiger partial charge < -0.3 is 16.0 Å². The SMILES string of the molecule is C=C1C(=C)C(Nc2c[nH]c3ccccc23)=C1N. The van der Waals surface area contributed by atoms with E-state index >= 15 is 0 Å². The largest absolute Gasteiger partial charge is 0.397 e. The second-order valence-corrected chi connectivity index (χ2v) is 4.12. The van der Waals surface area contributed by atoms with Crippen molar-refractivity contribution in [3.05, 3.63) is 66.2 Å². The van der Waals surface area contributed by atoms with Crippen molar-refractivity contribution >= 4 is 16.6 Å². The van der Waals surface area contributed by atoms with Crippen LogP contribution in [0.1, 0.15) is 0 Å². The van der Waals surface area contributed by atoms with Gasteiger partial charge in [0.25, 0.3) is 0 Å². The van der Waals surface area contributed by atoms with Crippen LogP contribution in [0.2, 0.25) is 0 Å². The topological polar surface area (TPSA) is 53.8 Å². The van der Waals surface area contributed by atoms with Crippen LogP contribution in [0.4, 0.5) is 5.69 Å². The predicted molar refractivity (Wildman–Crippen MR) is 71.4 cm³/mol. The zero-order valence-corrected chi connectivity index (χ0v) is 9.38. The molecule has 1 aliphatic carbocycles. The van der Waals surface area contributed by atoms with E-state index in [0.29, 0.717) is 5.70 Å². The highest BCUT2D eigenvalue weighted by atomic mass is 15.0. The summed E-state index contributed by atoms with van der Waals surface area (Å²) in [5.74, 6) is 0. The van der Waals surface area contributed by atoms with Gasteiger partial charge in [-0.1, -0.05) is 31.4 Å². The van der Waals surface area contributed by atoms with Crippen LogP contribution in [0.15, 0.2) is 66.2 Å². The molecule has 2 aromatic rings. The third-order valence-corrected chi connectivity index (χ3v) is 3.11. The normalized spacial score (nSPS) is 15.3. The van der Waals surface area contributed by atoms with Crippen molar-refractivity contribution in [2.24, 2.45) is 5.73 Å². The van der Waals surface area contributed by atoms with Crippen LogP contribution in [-0.4, -0.2) is 4.98 Å². The molecule has 1 aromatic carbocycles. The molecule has 84 valence electrons. The number of nitrogens with two attached hydrogens (primary N) is 1. The Hall–Kier alpha value is -2.42. The molecule has 3 rings (SSSR count). The van der Waals surface area contributed by atoms with Crippen molar-refractivity contribution < 1.29 is 0 Å². The molecule has 0 saturated carbocycles. The van der Waals surface area contributed by atoms with E-state index in [1.165, 1.54) is 0 Å². The van der Waals surface area contributed by atoms with Gasteiger partial charge in [0.2, 0.25) is 0 Å². The number of anilines is 1. The average molecular weight is 223 g/mol. The molecule has 3 nitrogen and oxygen atoms in total. The van der Waals surface area contributed by atoms with Gasteiger partial charge in [0.05, 0.1) is 17.1 Å². The van der Waals surface area contributed by atoms with E-state index in [4.69, 9.17) is 5.73 Å². The molecule has 1 aromatic heterocycles. The molecular weight excluding hydrogens is 210 g/mol. The van der Waals surface area contributed by atoms with Gasteiger partial charge in [0, 0.05) is 28.2 Å². The first-order chi connectivity index (χ1) is 8.18. The van der Waals surface area contributed by atoms with Crippen LogP contribution in [0.25, 0.3) is 10.9 Å². The van der Waals surface area contributed by atoms with Gasteiger partial charge >= 0.3 is 0 Å². The Bertz CT molecular complexity index is 674. The molecule has 0 aliphatic heterocycles. The molecule has 0 bridgehead atoms. The van der Waals surface area contributed by atoms with Gasteiger partial charge in [0.15, 0.2) is 0 Å². The molecule has 0 fully saturated rings. The van der Waals surface area contributed by atoms with Crippen LogP contribution >= 0.6 is 0 Å². The zero-order valence-electron chi connectivity index (χ0n) is 9.38. The van der Waals surface area contributed by atoms with E-state index in [2.05, 4.69) is 29.5 Å². The minimum Gasteiger partial charge on any atom is -0.397 e. The summed E-state index contributed by atoms with van der Waals surface area (Å²) in [5, 5.41) is 4.43. The molecule has 0 amide bonds. The maximum atomic E-state index is 5.86. The summed E-state index contributed by atoms with van der Waals surface area (Å²) in [6.45, 7) is 7.76. The Labute approximate surface area is 99.3 Å². The Morgan fingerprint density at radius 2 is 1.88 bits per heavy atom. The summed E-state index contributed by atoms with van der Waals surface area (Å²) in [4.78, 5) is 3.20. The standard InChI is InChI=1S/C14H13N3/c1-8-9(2)14(13(8)15)17-12-7-16-11-6-4-3-5-10(11)12/h3-7,16-17H,1-2,15H2. The van der Waals surface area contributed by atoms with Gasteiger partial charge in [0.1, 0.15) is 0 Å². The highest BCUT2D eigenvalue weighted by molar-refractivity contribution is 5.94. The van der Waals surface area contributed by atoms with Crippen molar-refractivity contribution in [1.82, 2.24) is 4.98 Å². The fourth-order valence-electron chi connectivity index (χ4n) is 2.02. The maximum absolute atomic E-state index is 5.86. The molecule has 1 aliphatic rings. The van der Waals surface area contributed by atoms with Crippen LogP contribution in [0.3, 0.4) is 0 Å². The molecule has 3 heteroatoms. The first-order valence-electron chi connectivity index (χ1n) is 5.40. The molecule has 0 spiro atoms. The monoisotopic (exact) mass is 223 g/mol. The highest BCUT2D eigenvalue weighted by Crippen LogP contribution is 2.36. The van der Waals surface area contributed by atoms with Crippen LogP contribution < -0.4 is 11.1 Å². The molecule has 0 unspecified atom stereocenters. The minimum atomic E-state index is 0.695. The summed E-state index contributed by atoms with van der Waals surface area (Å²) < 4.78 is 0. The Balaban J connectivity index is 2.02. The summed E-state index contributed by atoms with van der Waals surface area (Å²) in [7, 11) is 0. The lowest BCUT2D eigenvalue weighted by molar-refractivity contribution is 1.14. The molecule has 17 heavy (non-hydrogen) atoms. The number of H-pyrrole nitrogens is 1. The Morgan fingerprint density at radius 1 is 1.12 bits per heavy atom. The molecule has 4 N–H and O–H groups in total. The summed E-state index contributed by atoms with van der Waals surface area (Å²) >= 11 is 0. The number of benzene rings is 1. The van der Waals surface area contributed by atoms with E-state index in [-0.39, 0.29) is 0 Å². The maximum Gasteiger partial charge on any atom is 0.0698 e. The van der Waals surface area contributed by atoms with E-state index in [9.17, 15) is 0 Å². The van der Waals surface area contributed by atoms with E-state index in [1.807, 2.05) is 24.4 Å². The number of rotatable bonds is 2. The number of aromatic amines is 1. The third kappa shape index (κ3) is 1.29. The predicted octanol–water partition coefficient (Wildman–Crippen LogP) is 2.88. The van der Waals surface area contributed by atoms with Crippen molar-refractivity contribution in [1.29, 1.82) is 0 Å². The fourth-order valence-corrected chi connectivity index (χ4v) is 2.02. The van der Waals surface area contributed by atoms with Crippen LogP contribution in [0.5, 0.6) is 0 Å². The second-order valence-electron chi connectivity index (χ2n) is 4.12. The summed E-state index contributed by atoms with van der Waals surface area (Å²) in [6, 6.07) is 8.10. The average Bonchev–Trinajstić information content (AvgIpc) is 2.78. The summed E-state index contributed by atoms with van der Waals surface area (Å²) in [5.41, 5.74) is 11.2. The van der Waals surface area contributed by atoms with E-state index in [0.717, 1.165) is 33.4 Å². The third-order valence-electron chi connectivity index (χ3n) is 3.11. The molecule has 1 heterocycles. The summed E-state index contributed by atoms with van der Waals surface area (Å²) in [6.07, 6.45) is 1.93. The Morgan fingerprint density at radius 3 is 2.65 bits per heavy atom. The Kier molecular flexibility index (Phi) is 1.89. The lowest BCUT2D eigenvalue weighted by Gasteiger charge is -2.26. The number of para-hydroxylation sites is 1. The van der Waals surface area contributed by atoms with Crippen molar-refractivity contribution in [2.75, 3.05) is 5.32 Å². The smallest absolute Gasteiger partial charge is 0.0698 e. The van der Waals surface area contributed by atoms with Crippen molar-refractivity contribution in [3.8, 4) is 0 Å². The molecule has 0 atom stereocenters. The number of hydrogen-bond donors (Lipinski definition) is 3.